The Morgan fingerprint density at radius 2 is 1.92 bits per heavy atom. The van der Waals surface area contributed by atoms with Crippen molar-refractivity contribution in [3.05, 3.63) is 34.3 Å². The molecule has 9 heteroatoms. The molecule has 1 aliphatic heterocycles. The zero-order chi connectivity index (χ0) is 19.9. The number of carbonyl (C=O) groups excluding carboxylic acids is 1. The summed E-state index contributed by atoms with van der Waals surface area (Å²) in [4.78, 5) is 20.0. The number of hydrogen-bond donors (Lipinski definition) is 6. The summed E-state index contributed by atoms with van der Waals surface area (Å²) in [6.07, 6.45) is -7.27. The van der Waals surface area contributed by atoms with Gasteiger partial charge in [0.1, 0.15) is 18.3 Å². The number of aliphatic hydroxyl groups is 4. The molecule has 146 valence electrons. The monoisotopic (exact) mass is 389 g/mol. The Balaban J connectivity index is 0.000000260. The molecule has 0 bridgehead atoms. The van der Waals surface area contributed by atoms with Gasteiger partial charge in [0.25, 0.3) is 0 Å². The number of hydrogen-bond acceptors (Lipinski definition) is 7. The summed E-state index contributed by atoms with van der Waals surface area (Å²) >= 11 is 5.97. The number of carbonyl (C=O) groups is 2. The van der Waals surface area contributed by atoms with E-state index in [0.29, 0.717) is 5.92 Å². The molecule has 8 nitrogen and oxygen atoms in total. The Bertz CT molecular complexity index is 613. The largest absolute Gasteiger partial charge is 0.479 e. The van der Waals surface area contributed by atoms with Crippen molar-refractivity contribution in [1.82, 2.24) is 5.32 Å². The lowest BCUT2D eigenvalue weighted by Gasteiger charge is -2.21. The number of aldehydes is 1. The van der Waals surface area contributed by atoms with E-state index in [9.17, 15) is 9.59 Å². The van der Waals surface area contributed by atoms with Crippen LogP contribution in [0.2, 0.25) is 5.02 Å². The first-order valence-electron chi connectivity index (χ1n) is 8.08. The summed E-state index contributed by atoms with van der Waals surface area (Å²) in [6.45, 7) is 4.39. The number of carboxylic acids is 1. The second kappa shape index (κ2) is 10.6. The number of aliphatic carboxylic acids is 1. The minimum Gasteiger partial charge on any atom is -0.479 e. The van der Waals surface area contributed by atoms with Gasteiger partial charge in [-0.05, 0) is 42.1 Å². The number of rotatable bonds is 5. The summed E-state index contributed by atoms with van der Waals surface area (Å²) in [7, 11) is 0. The Morgan fingerprint density at radius 1 is 1.27 bits per heavy atom. The molecule has 1 aromatic rings. The molecule has 0 spiro atoms. The standard InChI is InChI=1S/C11H14ClN.C6H10O7/c1-8-7-13-5-4-9-2-3-10(12)6-11(8)9;7-1-2(8)3(9)4(10)5(11)6(12)13/h2-3,6,8,13H,4-5,7H2,1H3;1-5,8-11H,(H,12,13)/t8-;2-,3+,4-,5-/m10/s1. The van der Waals surface area contributed by atoms with E-state index in [4.69, 9.17) is 37.1 Å². The van der Waals surface area contributed by atoms with Gasteiger partial charge in [-0.3, -0.25) is 0 Å². The number of carboxylic acid groups (broad SMARTS) is 1. The number of halogens is 1. The summed E-state index contributed by atoms with van der Waals surface area (Å²) in [5.41, 5.74) is 2.86. The number of benzene rings is 1. The average molecular weight is 390 g/mol. The van der Waals surface area contributed by atoms with Crippen molar-refractivity contribution in [2.24, 2.45) is 0 Å². The van der Waals surface area contributed by atoms with Crippen LogP contribution in [-0.4, -0.2) is 75.3 Å². The molecule has 0 aliphatic carbocycles. The van der Waals surface area contributed by atoms with Gasteiger partial charge in [-0.1, -0.05) is 24.6 Å². The highest BCUT2D eigenvalue weighted by Gasteiger charge is 2.34. The quantitative estimate of drug-likeness (QED) is 0.362. The van der Waals surface area contributed by atoms with E-state index in [-0.39, 0.29) is 6.29 Å². The van der Waals surface area contributed by atoms with Crippen LogP contribution in [0.3, 0.4) is 0 Å². The Hall–Kier alpha value is -1.55. The minimum atomic E-state index is -2.25. The van der Waals surface area contributed by atoms with E-state index in [1.807, 2.05) is 6.07 Å². The lowest BCUT2D eigenvalue weighted by molar-refractivity contribution is -0.163. The predicted octanol–water partition coefficient (Wildman–Crippen LogP) is -0.697. The van der Waals surface area contributed by atoms with Crippen molar-refractivity contribution in [1.29, 1.82) is 0 Å². The maximum Gasteiger partial charge on any atom is 0.335 e. The van der Waals surface area contributed by atoms with Gasteiger partial charge >= 0.3 is 5.97 Å². The van der Waals surface area contributed by atoms with Gasteiger partial charge in [-0.25, -0.2) is 4.79 Å². The molecule has 0 saturated heterocycles. The zero-order valence-corrected chi connectivity index (χ0v) is 15.0. The van der Waals surface area contributed by atoms with Gasteiger partial charge in [0.05, 0.1) is 0 Å². The first-order chi connectivity index (χ1) is 12.2. The summed E-state index contributed by atoms with van der Waals surface area (Å²) < 4.78 is 0. The van der Waals surface area contributed by atoms with E-state index in [2.05, 4.69) is 24.4 Å². The van der Waals surface area contributed by atoms with Gasteiger partial charge < -0.3 is 35.6 Å². The normalized spacial score (nSPS) is 21.1. The van der Waals surface area contributed by atoms with Crippen LogP contribution >= 0.6 is 11.6 Å². The molecule has 0 saturated carbocycles. The van der Waals surface area contributed by atoms with Crippen LogP contribution in [-0.2, 0) is 16.0 Å². The fourth-order valence-corrected chi connectivity index (χ4v) is 2.70. The first kappa shape index (κ1) is 22.5. The molecule has 1 heterocycles. The molecule has 26 heavy (non-hydrogen) atoms. The van der Waals surface area contributed by atoms with Gasteiger partial charge in [0.2, 0.25) is 0 Å². The van der Waals surface area contributed by atoms with Gasteiger partial charge in [0, 0.05) is 11.6 Å². The van der Waals surface area contributed by atoms with E-state index in [1.54, 1.807) is 0 Å². The van der Waals surface area contributed by atoms with Crippen LogP contribution in [0.1, 0.15) is 24.0 Å². The van der Waals surface area contributed by atoms with Gasteiger partial charge in [0.15, 0.2) is 12.4 Å². The number of aliphatic hydroxyl groups excluding tert-OH is 4. The third-order valence-corrected chi connectivity index (χ3v) is 4.31. The van der Waals surface area contributed by atoms with Crippen LogP contribution in [0, 0.1) is 0 Å². The highest BCUT2D eigenvalue weighted by Crippen LogP contribution is 2.25. The number of fused-ring (bicyclic) bond motifs is 1. The molecule has 0 amide bonds. The van der Waals surface area contributed by atoms with E-state index in [1.165, 1.54) is 11.1 Å². The molecule has 5 atom stereocenters. The molecular weight excluding hydrogens is 366 g/mol. The molecule has 0 fully saturated rings. The molecule has 0 aromatic heterocycles. The fraction of sp³-hybridized carbons (Fsp3) is 0.529. The Morgan fingerprint density at radius 3 is 2.50 bits per heavy atom. The smallest absolute Gasteiger partial charge is 0.335 e. The van der Waals surface area contributed by atoms with Crippen LogP contribution in [0.15, 0.2) is 18.2 Å². The molecule has 0 unspecified atom stereocenters. The predicted molar refractivity (Wildman–Crippen MR) is 94.2 cm³/mol. The lowest BCUT2D eigenvalue weighted by atomic mass is 9.96. The average Bonchev–Trinajstić information content (AvgIpc) is 2.81. The molecular formula is C17H24ClNO7. The molecule has 0 radical (unpaired) electrons. The molecule has 2 rings (SSSR count). The third-order valence-electron chi connectivity index (χ3n) is 4.08. The second-order valence-corrected chi connectivity index (χ2v) is 6.53. The highest BCUT2D eigenvalue weighted by atomic mass is 35.5. The molecule has 1 aromatic carbocycles. The second-order valence-electron chi connectivity index (χ2n) is 6.09. The van der Waals surface area contributed by atoms with Crippen molar-refractivity contribution < 1.29 is 35.1 Å². The maximum atomic E-state index is 10.1. The Labute approximate surface area is 156 Å². The Kier molecular flexibility index (Phi) is 9.14. The van der Waals surface area contributed by atoms with Crippen molar-refractivity contribution in [3.63, 3.8) is 0 Å². The van der Waals surface area contributed by atoms with Crippen LogP contribution in [0.25, 0.3) is 0 Å². The van der Waals surface area contributed by atoms with Crippen LogP contribution in [0.4, 0.5) is 0 Å². The van der Waals surface area contributed by atoms with Crippen molar-refractivity contribution in [2.75, 3.05) is 13.1 Å². The van der Waals surface area contributed by atoms with Gasteiger partial charge in [-0.15, -0.1) is 0 Å². The summed E-state index contributed by atoms with van der Waals surface area (Å²) in [5.74, 6) is -1.18. The SMILES string of the molecule is C[C@@H]1CNCCc2ccc(Cl)cc21.O=C[C@H](O)[C@@H](O)[C@H](O)[C@H](O)C(=O)O. The van der Waals surface area contributed by atoms with Crippen molar-refractivity contribution >= 4 is 23.9 Å². The molecule has 1 aliphatic rings. The van der Waals surface area contributed by atoms with Crippen molar-refractivity contribution in [2.45, 2.75) is 43.7 Å². The first-order valence-corrected chi connectivity index (χ1v) is 8.46. The maximum absolute atomic E-state index is 10.1. The highest BCUT2D eigenvalue weighted by molar-refractivity contribution is 6.30. The van der Waals surface area contributed by atoms with E-state index in [0.717, 1.165) is 24.5 Å². The third kappa shape index (κ3) is 6.31. The minimum absolute atomic E-state index is 0.0809. The summed E-state index contributed by atoms with van der Waals surface area (Å²) in [6, 6.07) is 6.24. The number of nitrogens with one attached hydrogen (secondary N) is 1. The fourth-order valence-electron chi connectivity index (χ4n) is 2.52. The zero-order valence-electron chi connectivity index (χ0n) is 14.2. The van der Waals surface area contributed by atoms with Gasteiger partial charge in [-0.2, -0.15) is 0 Å². The topological polar surface area (TPSA) is 147 Å². The van der Waals surface area contributed by atoms with Crippen LogP contribution < -0.4 is 5.32 Å². The summed E-state index contributed by atoms with van der Waals surface area (Å²) in [5, 5.41) is 47.5. The van der Waals surface area contributed by atoms with E-state index >= 15 is 0 Å². The van der Waals surface area contributed by atoms with E-state index < -0.39 is 30.4 Å². The van der Waals surface area contributed by atoms with Crippen molar-refractivity contribution in [3.8, 4) is 0 Å². The lowest BCUT2D eigenvalue weighted by Crippen LogP contribution is -2.48. The van der Waals surface area contributed by atoms with Crippen LogP contribution in [0.5, 0.6) is 0 Å². The molecule has 6 N–H and O–H groups in total.